The monoisotopic (exact) mass is 973 g/mol. The van der Waals surface area contributed by atoms with Crippen LogP contribution in [0.5, 0.6) is 11.8 Å². The summed E-state index contributed by atoms with van der Waals surface area (Å²) in [5, 5.41) is 24.2. The van der Waals surface area contributed by atoms with Crippen molar-refractivity contribution in [1.29, 1.82) is 0 Å². The molecule has 3 aromatic carbocycles. The zero-order valence-electron chi connectivity index (χ0n) is 39.9. The van der Waals surface area contributed by atoms with E-state index in [4.69, 9.17) is 9.72 Å². The topological polar surface area (TPSA) is 168 Å². The lowest BCUT2D eigenvalue weighted by Crippen LogP contribution is -2.59. The van der Waals surface area contributed by atoms with Crippen LogP contribution in [0.2, 0.25) is 0 Å². The number of aliphatic hydroxyl groups is 1. The summed E-state index contributed by atoms with van der Waals surface area (Å²) in [5.74, 6) is -3.91. The lowest BCUT2D eigenvalue weighted by atomic mass is 9.60. The van der Waals surface area contributed by atoms with Gasteiger partial charge in [0.2, 0.25) is 11.8 Å². The van der Waals surface area contributed by atoms with E-state index in [-0.39, 0.29) is 74.9 Å². The van der Waals surface area contributed by atoms with Crippen molar-refractivity contribution in [3.63, 3.8) is 0 Å². The highest BCUT2D eigenvalue weighted by molar-refractivity contribution is 6.05. The molecule has 5 aliphatic heterocycles. The lowest BCUT2D eigenvalue weighted by Gasteiger charge is -2.56. The van der Waals surface area contributed by atoms with Crippen molar-refractivity contribution in [2.75, 3.05) is 75.3 Å². The molecule has 2 atom stereocenters. The molecule has 4 saturated heterocycles. The largest absolute Gasteiger partial charge is 0.508 e. The van der Waals surface area contributed by atoms with Gasteiger partial charge in [-0.25, -0.2) is 13.2 Å². The highest BCUT2D eigenvalue weighted by atomic mass is 19.2. The van der Waals surface area contributed by atoms with Crippen LogP contribution < -0.4 is 19.9 Å². The van der Waals surface area contributed by atoms with Gasteiger partial charge in [0, 0.05) is 98.6 Å². The fraction of sp³-hybridized carbons (Fsp3) is 0.509. The number of β-amino-alcohol motifs (C(OH)–C–C–N with tert-alkyl or cyclic N) is 1. The third-order valence-corrected chi connectivity index (χ3v) is 16.8. The second-order valence-electron chi connectivity index (χ2n) is 21.9. The molecule has 3 amide bonds. The number of carbonyl (C=O) groups is 3. The SMILES string of the molecule is C[C@@]1(O)CCCN(c2nc(OCC3(CN4CCC5(CC4)CC(N4CCN(c6ccc7c(c6)CN([C@H]6CCC(=O)NC6=O)C7=O)CC4)C5)CC3)nc3c(F)c(-c4cc(O)cc5ccc(F)c(F)c45)ncc23)C1. The van der Waals surface area contributed by atoms with Gasteiger partial charge in [-0.3, -0.25) is 29.6 Å². The quantitative estimate of drug-likeness (QED) is 0.134. The van der Waals surface area contributed by atoms with Crippen molar-refractivity contribution in [1.82, 2.24) is 35.0 Å². The fourth-order valence-electron chi connectivity index (χ4n) is 12.6. The van der Waals surface area contributed by atoms with Gasteiger partial charge in [-0.05, 0) is 131 Å². The van der Waals surface area contributed by atoms with Gasteiger partial charge in [0.05, 0.1) is 17.6 Å². The summed E-state index contributed by atoms with van der Waals surface area (Å²) in [4.78, 5) is 62.4. The average molecular weight is 974 g/mol. The Morgan fingerprint density at radius 2 is 1.65 bits per heavy atom. The highest BCUT2D eigenvalue weighted by Gasteiger charge is 2.51. The van der Waals surface area contributed by atoms with Crippen molar-refractivity contribution in [2.45, 2.75) is 95.4 Å². The number of amides is 3. The van der Waals surface area contributed by atoms with Crippen LogP contribution in [0.3, 0.4) is 0 Å². The number of aromatic hydroxyl groups is 1. The molecule has 71 heavy (non-hydrogen) atoms. The van der Waals surface area contributed by atoms with Gasteiger partial charge in [0.25, 0.3) is 5.91 Å². The molecule has 372 valence electrons. The van der Waals surface area contributed by atoms with Crippen LogP contribution in [0.25, 0.3) is 32.9 Å². The first kappa shape index (κ1) is 46.0. The van der Waals surface area contributed by atoms with Gasteiger partial charge in [-0.2, -0.15) is 9.97 Å². The van der Waals surface area contributed by atoms with Crippen LogP contribution in [0, 0.1) is 28.3 Å². The van der Waals surface area contributed by atoms with Crippen LogP contribution in [0.4, 0.5) is 24.7 Å². The molecule has 15 nitrogen and oxygen atoms in total. The summed E-state index contributed by atoms with van der Waals surface area (Å²) in [5.41, 5.74) is 1.39. The van der Waals surface area contributed by atoms with Gasteiger partial charge < -0.3 is 34.5 Å². The average Bonchev–Trinajstić information content (AvgIpc) is 4.03. The van der Waals surface area contributed by atoms with E-state index in [1.807, 2.05) is 17.0 Å². The summed E-state index contributed by atoms with van der Waals surface area (Å²) >= 11 is 0. The molecule has 0 unspecified atom stereocenters. The summed E-state index contributed by atoms with van der Waals surface area (Å²) in [6, 6.07) is 10.7. The number of benzene rings is 3. The number of fused-ring (bicyclic) bond motifs is 3. The molecule has 0 bridgehead atoms. The molecule has 1 spiro atoms. The van der Waals surface area contributed by atoms with Crippen LogP contribution in [0.1, 0.15) is 87.1 Å². The van der Waals surface area contributed by atoms with E-state index in [1.54, 1.807) is 11.8 Å². The van der Waals surface area contributed by atoms with Crippen LogP contribution >= 0.6 is 0 Å². The molecule has 6 fully saturated rings. The van der Waals surface area contributed by atoms with Gasteiger partial charge in [0.1, 0.15) is 28.8 Å². The molecule has 18 heteroatoms. The Bertz CT molecular complexity index is 3000. The van der Waals surface area contributed by atoms with E-state index in [0.717, 1.165) is 88.8 Å². The number of ether oxygens (including phenoxy) is 1. The Balaban J connectivity index is 0.672. The van der Waals surface area contributed by atoms with Gasteiger partial charge in [-0.15, -0.1) is 0 Å². The first-order chi connectivity index (χ1) is 34.1. The molecular formula is C53H58F3N9O6. The summed E-state index contributed by atoms with van der Waals surface area (Å²) < 4.78 is 53.2. The predicted octanol–water partition coefficient (Wildman–Crippen LogP) is 6.31. The number of nitrogens with one attached hydrogen (secondary N) is 1. The van der Waals surface area contributed by atoms with Crippen molar-refractivity contribution in [3.05, 3.63) is 77.2 Å². The van der Waals surface area contributed by atoms with E-state index >= 15 is 8.78 Å². The van der Waals surface area contributed by atoms with Gasteiger partial charge in [-0.1, -0.05) is 6.07 Å². The third-order valence-electron chi connectivity index (χ3n) is 16.8. The third kappa shape index (κ3) is 8.48. The number of nitrogens with zero attached hydrogens (tertiary/aromatic N) is 8. The van der Waals surface area contributed by atoms with E-state index in [0.29, 0.717) is 61.8 Å². The molecule has 2 saturated carbocycles. The number of rotatable bonds is 10. The number of pyridine rings is 1. The Morgan fingerprint density at radius 1 is 0.859 bits per heavy atom. The number of aromatic nitrogens is 3. The van der Waals surface area contributed by atoms with Crippen molar-refractivity contribution < 1.29 is 42.5 Å². The smallest absolute Gasteiger partial charge is 0.319 e. The minimum absolute atomic E-state index is 0.0147. The molecule has 12 rings (SSSR count). The number of anilines is 2. The number of carbonyl (C=O) groups excluding carboxylic acids is 3. The Kier molecular flexibility index (Phi) is 11.2. The van der Waals surface area contributed by atoms with E-state index in [1.165, 1.54) is 37.2 Å². The number of halogens is 3. The second kappa shape index (κ2) is 17.3. The molecule has 2 aromatic heterocycles. The number of phenolic OH excluding ortho intramolecular Hbond substituents is 1. The predicted molar refractivity (Wildman–Crippen MR) is 258 cm³/mol. The van der Waals surface area contributed by atoms with Crippen LogP contribution in [-0.4, -0.2) is 141 Å². The highest BCUT2D eigenvalue weighted by Crippen LogP contribution is 2.53. The molecule has 0 radical (unpaired) electrons. The summed E-state index contributed by atoms with van der Waals surface area (Å²) in [6.07, 6.45) is 9.97. The second-order valence-corrected chi connectivity index (χ2v) is 21.9. The number of hydrogen-bond donors (Lipinski definition) is 3. The lowest BCUT2D eigenvalue weighted by molar-refractivity contribution is -0.136. The first-order valence-electron chi connectivity index (χ1n) is 25.2. The fourth-order valence-corrected chi connectivity index (χ4v) is 12.6. The Morgan fingerprint density at radius 3 is 2.39 bits per heavy atom. The number of piperazine rings is 1. The van der Waals surface area contributed by atoms with Crippen molar-refractivity contribution in [2.24, 2.45) is 10.8 Å². The Labute approximate surface area is 409 Å². The number of phenols is 1. The van der Waals surface area contributed by atoms with E-state index in [9.17, 15) is 29.0 Å². The number of likely N-dealkylation sites (tertiary alicyclic amines) is 1. The zero-order chi connectivity index (χ0) is 49.0. The zero-order valence-corrected chi connectivity index (χ0v) is 39.9. The molecule has 7 aliphatic rings. The maximum atomic E-state index is 16.9. The Hall–Kier alpha value is -6.11. The van der Waals surface area contributed by atoms with Crippen molar-refractivity contribution in [3.8, 4) is 23.0 Å². The molecule has 5 aromatic rings. The van der Waals surface area contributed by atoms with Gasteiger partial charge >= 0.3 is 6.01 Å². The summed E-state index contributed by atoms with van der Waals surface area (Å²) in [7, 11) is 0. The minimum atomic E-state index is -1.18. The standard InChI is InChI=1S/C53H58F3N9O6/c1-51(70)9-2-14-64(28-51)47-38-26-57-45(37-23-35(66)22-31-3-6-39(54)43(55)42(31)37)44(56)46(38)59-50(60-47)71-30-53(10-11-53)29-61-15-12-52(13-16-61)24-34(25-52)63-19-17-62(18-20-63)33-4-5-36-32(21-33)27-65(49(36)69)40-7-8-41(67)58-48(40)68/h3-6,21-23,26,34,40,66,70H,2,7-20,24-25,27-30H2,1H3,(H,58,67,68)/t40-,51+/m0/s1. The maximum Gasteiger partial charge on any atom is 0.319 e. The van der Waals surface area contributed by atoms with E-state index < -0.39 is 35.0 Å². The van der Waals surface area contributed by atoms with Crippen molar-refractivity contribution >= 4 is 50.9 Å². The number of piperidine rings is 3. The molecular weight excluding hydrogens is 916 g/mol. The number of hydrogen-bond acceptors (Lipinski definition) is 13. The molecule has 2 aliphatic carbocycles. The van der Waals surface area contributed by atoms with Crippen LogP contribution in [0.15, 0.2) is 48.7 Å². The summed E-state index contributed by atoms with van der Waals surface area (Å²) in [6.45, 7) is 9.98. The van der Waals surface area contributed by atoms with Crippen LogP contribution in [-0.2, 0) is 16.1 Å². The normalized spacial score (nSPS) is 24.7. The molecule has 7 heterocycles. The first-order valence-corrected chi connectivity index (χ1v) is 25.2. The maximum absolute atomic E-state index is 16.9. The molecule has 3 N–H and O–H groups in total. The number of imide groups is 1. The van der Waals surface area contributed by atoms with Gasteiger partial charge in [0.15, 0.2) is 17.5 Å². The minimum Gasteiger partial charge on any atom is -0.508 e. The van der Waals surface area contributed by atoms with E-state index in [2.05, 4.69) is 36.1 Å².